The molecule has 0 unspecified atom stereocenters. The number of benzene rings is 1. The van der Waals surface area contributed by atoms with E-state index in [0.717, 1.165) is 24.3 Å². The second-order valence-corrected chi connectivity index (χ2v) is 10.2. The average Bonchev–Trinajstić information content (AvgIpc) is 3.46. The third kappa shape index (κ3) is 6.57. The van der Waals surface area contributed by atoms with Crippen LogP contribution in [0.4, 0.5) is 5.82 Å². The van der Waals surface area contributed by atoms with Crippen LogP contribution in [0.25, 0.3) is 0 Å². The van der Waals surface area contributed by atoms with E-state index in [1.807, 2.05) is 13.0 Å². The average molecular weight is 550 g/mol. The van der Waals surface area contributed by atoms with Crippen LogP contribution in [0, 0.1) is 6.92 Å². The van der Waals surface area contributed by atoms with Crippen molar-refractivity contribution in [1.29, 1.82) is 0 Å². The monoisotopic (exact) mass is 549 g/mol. The van der Waals surface area contributed by atoms with Gasteiger partial charge in [0.25, 0.3) is 5.91 Å². The molecular weight excluding hydrogens is 514 g/mol. The van der Waals surface area contributed by atoms with Gasteiger partial charge in [-0.05, 0) is 36.1 Å². The minimum absolute atomic E-state index is 0.0972. The molecule has 212 valence electrons. The molecule has 3 N–H and O–H groups in total. The first-order valence-electron chi connectivity index (χ1n) is 13.6. The van der Waals surface area contributed by atoms with E-state index in [4.69, 9.17) is 9.15 Å². The summed E-state index contributed by atoms with van der Waals surface area (Å²) in [4.78, 5) is 40.5. The second kappa shape index (κ2) is 12.4. The van der Waals surface area contributed by atoms with Crippen LogP contribution < -0.4 is 15.4 Å². The predicted octanol–water partition coefficient (Wildman–Crippen LogP) is 1.53. The van der Waals surface area contributed by atoms with Gasteiger partial charge in [-0.1, -0.05) is 13.0 Å². The number of carbonyl (C=O) groups excluding carboxylic acids is 2. The van der Waals surface area contributed by atoms with Gasteiger partial charge in [-0.2, -0.15) is 0 Å². The van der Waals surface area contributed by atoms with E-state index in [2.05, 4.69) is 43.5 Å². The number of hydrogen-bond donors (Lipinski definition) is 3. The maximum Gasteiger partial charge on any atom is 0.270 e. The lowest BCUT2D eigenvalue weighted by Gasteiger charge is -2.39. The Morgan fingerprint density at radius 1 is 1.27 bits per heavy atom. The van der Waals surface area contributed by atoms with Gasteiger partial charge in [0.15, 0.2) is 12.2 Å². The van der Waals surface area contributed by atoms with Crippen LogP contribution in [0.1, 0.15) is 46.3 Å². The lowest BCUT2D eigenvalue weighted by atomic mass is 9.94. The largest absolute Gasteiger partial charge is 0.485 e. The third-order valence-corrected chi connectivity index (χ3v) is 7.33. The molecule has 1 aromatic carbocycles. The van der Waals surface area contributed by atoms with Crippen LogP contribution in [0.5, 0.6) is 5.75 Å². The number of rotatable bonds is 11. The maximum atomic E-state index is 12.7. The molecule has 1 saturated heterocycles. The van der Waals surface area contributed by atoms with Crippen LogP contribution in [-0.4, -0.2) is 86.5 Å². The zero-order chi connectivity index (χ0) is 28.1. The molecule has 12 nitrogen and oxygen atoms in total. The van der Waals surface area contributed by atoms with Gasteiger partial charge in [-0.3, -0.25) is 14.5 Å². The summed E-state index contributed by atoms with van der Waals surface area (Å²) >= 11 is 0. The molecule has 0 bridgehead atoms. The number of aliphatic hydroxyl groups is 1. The molecule has 2 aromatic heterocycles. The standard InChI is InChI=1S/C28H35N7O5/c1-3-27(37)35-12-20(13-35)33-26-8-24(31-16-32-26)28(38)30-9-21(36)14-34-7-6-23-18(2)25(5-4-19(23)11-34)39-15-22-10-29-17-40-22/h4-5,8,10,16-17,20-21,36H,3,6-7,9,11-15H2,1-2H3,(H,30,38)(H,31,32,33)/t21-/m0/s1. The SMILES string of the molecule is CCC(=O)N1CC(Nc2cc(C(=O)NC[C@H](O)CN3CCc4c(ccc(OCc5cnco5)c4C)C3)ncn2)C1. The Bertz CT molecular complexity index is 1330. The number of nitrogens with zero attached hydrogens (tertiary/aromatic N) is 5. The fourth-order valence-corrected chi connectivity index (χ4v) is 5.08. The first kappa shape index (κ1) is 27.5. The van der Waals surface area contributed by atoms with Crippen molar-refractivity contribution < 1.29 is 23.8 Å². The van der Waals surface area contributed by atoms with Gasteiger partial charge in [0.05, 0.1) is 18.3 Å². The molecule has 4 heterocycles. The molecule has 1 atom stereocenters. The molecule has 5 rings (SSSR count). The molecule has 0 aliphatic carbocycles. The lowest BCUT2D eigenvalue weighted by molar-refractivity contribution is -0.134. The van der Waals surface area contributed by atoms with E-state index in [1.165, 1.54) is 23.8 Å². The van der Waals surface area contributed by atoms with Gasteiger partial charge in [0.1, 0.15) is 30.2 Å². The number of β-amino-alcohol motifs (C(OH)–C–C–N with tert-alkyl or cyclic N) is 1. The molecular formula is C28H35N7O5. The topological polar surface area (TPSA) is 146 Å². The fourth-order valence-electron chi connectivity index (χ4n) is 5.08. The summed E-state index contributed by atoms with van der Waals surface area (Å²) in [5.74, 6) is 1.78. The zero-order valence-corrected chi connectivity index (χ0v) is 22.8. The number of ether oxygens (including phenoxy) is 1. The number of anilines is 1. The zero-order valence-electron chi connectivity index (χ0n) is 22.8. The highest BCUT2D eigenvalue weighted by Crippen LogP contribution is 2.30. The molecule has 2 aliphatic rings. The number of hydrogen-bond acceptors (Lipinski definition) is 10. The highest BCUT2D eigenvalue weighted by molar-refractivity contribution is 5.92. The van der Waals surface area contributed by atoms with E-state index in [1.54, 1.807) is 17.2 Å². The van der Waals surface area contributed by atoms with Gasteiger partial charge in [-0.25, -0.2) is 15.0 Å². The molecule has 0 radical (unpaired) electrons. The Kier molecular flexibility index (Phi) is 8.56. The van der Waals surface area contributed by atoms with E-state index in [9.17, 15) is 14.7 Å². The predicted molar refractivity (Wildman–Crippen MR) is 146 cm³/mol. The van der Waals surface area contributed by atoms with Gasteiger partial charge in [-0.15, -0.1) is 0 Å². The lowest BCUT2D eigenvalue weighted by Crippen LogP contribution is -2.56. The minimum Gasteiger partial charge on any atom is -0.485 e. The molecule has 12 heteroatoms. The summed E-state index contributed by atoms with van der Waals surface area (Å²) in [6.45, 7) is 7.53. The quantitative estimate of drug-likeness (QED) is 0.322. The van der Waals surface area contributed by atoms with Gasteiger partial charge >= 0.3 is 0 Å². The minimum atomic E-state index is -0.729. The summed E-state index contributed by atoms with van der Waals surface area (Å²) in [5, 5.41) is 16.6. The summed E-state index contributed by atoms with van der Waals surface area (Å²) in [6, 6.07) is 5.72. The molecule has 0 spiro atoms. The normalized spacial score (nSPS) is 16.1. The summed E-state index contributed by atoms with van der Waals surface area (Å²) < 4.78 is 11.2. The highest BCUT2D eigenvalue weighted by atomic mass is 16.5. The number of fused-ring (bicyclic) bond motifs is 1. The van der Waals surface area contributed by atoms with Crippen molar-refractivity contribution in [3.8, 4) is 5.75 Å². The molecule has 2 aliphatic heterocycles. The molecule has 2 amide bonds. The molecule has 3 aromatic rings. The van der Waals surface area contributed by atoms with Crippen molar-refractivity contribution in [3.05, 3.63) is 65.3 Å². The first-order chi connectivity index (χ1) is 19.4. The van der Waals surface area contributed by atoms with Crippen molar-refractivity contribution in [1.82, 2.24) is 30.1 Å². The number of likely N-dealkylation sites (tertiary alicyclic amines) is 1. The van der Waals surface area contributed by atoms with E-state index < -0.39 is 6.10 Å². The third-order valence-electron chi connectivity index (χ3n) is 7.33. The molecule has 40 heavy (non-hydrogen) atoms. The van der Waals surface area contributed by atoms with Crippen molar-refractivity contribution in [2.45, 2.75) is 52.0 Å². The van der Waals surface area contributed by atoms with E-state index >= 15 is 0 Å². The second-order valence-electron chi connectivity index (χ2n) is 10.2. The van der Waals surface area contributed by atoms with Crippen LogP contribution in [-0.2, 0) is 24.4 Å². The summed E-state index contributed by atoms with van der Waals surface area (Å²) in [6.07, 6.45) is 4.97. The van der Waals surface area contributed by atoms with Crippen molar-refractivity contribution in [3.63, 3.8) is 0 Å². The highest BCUT2D eigenvalue weighted by Gasteiger charge is 2.30. The van der Waals surface area contributed by atoms with E-state index in [-0.39, 0.29) is 30.1 Å². The smallest absolute Gasteiger partial charge is 0.270 e. The number of amides is 2. The van der Waals surface area contributed by atoms with Gasteiger partial charge in [0.2, 0.25) is 5.91 Å². The number of nitrogens with one attached hydrogen (secondary N) is 2. The number of aliphatic hydroxyl groups excluding tert-OH is 1. The van der Waals surface area contributed by atoms with Crippen LogP contribution in [0.2, 0.25) is 0 Å². The van der Waals surface area contributed by atoms with Crippen molar-refractivity contribution in [2.75, 3.05) is 38.0 Å². The Hall–Kier alpha value is -4.03. The number of oxazole rings is 1. The maximum absolute atomic E-state index is 12.7. The van der Waals surface area contributed by atoms with Crippen molar-refractivity contribution >= 4 is 17.6 Å². The van der Waals surface area contributed by atoms with Crippen LogP contribution in [0.15, 0.2) is 41.5 Å². The van der Waals surface area contributed by atoms with Crippen LogP contribution in [0.3, 0.4) is 0 Å². The van der Waals surface area contributed by atoms with Crippen LogP contribution >= 0.6 is 0 Å². The van der Waals surface area contributed by atoms with E-state index in [0.29, 0.717) is 50.8 Å². The summed E-state index contributed by atoms with van der Waals surface area (Å²) in [7, 11) is 0. The number of aromatic nitrogens is 3. The molecule has 0 saturated carbocycles. The first-order valence-corrected chi connectivity index (χ1v) is 13.6. The Balaban J connectivity index is 1.07. The fraction of sp³-hybridized carbons (Fsp3) is 0.464. The van der Waals surface area contributed by atoms with Gasteiger partial charge < -0.3 is 29.8 Å². The Morgan fingerprint density at radius 2 is 2.12 bits per heavy atom. The number of carbonyl (C=O) groups is 2. The van der Waals surface area contributed by atoms with Gasteiger partial charge in [0, 0.05) is 51.8 Å². The summed E-state index contributed by atoms with van der Waals surface area (Å²) in [5.41, 5.74) is 3.82. The Morgan fingerprint density at radius 3 is 2.90 bits per heavy atom. The van der Waals surface area contributed by atoms with Crippen molar-refractivity contribution in [2.24, 2.45) is 0 Å². The molecule has 1 fully saturated rings. The Labute approximate surface area is 232 Å².